The second kappa shape index (κ2) is 11.9. The van der Waals surface area contributed by atoms with Crippen LogP contribution in [-0.2, 0) is 29.5 Å². The van der Waals surface area contributed by atoms with Gasteiger partial charge in [0.1, 0.15) is 0 Å². The number of nitrogens with two attached hydrogens (primary N) is 1. The Bertz CT molecular complexity index is 905. The Kier molecular flexibility index (Phi) is 10.3. The number of hydrogen-bond donors (Lipinski definition) is 2. The van der Waals surface area contributed by atoms with Gasteiger partial charge in [-0.2, -0.15) is 0 Å². The minimum atomic E-state index is -3.35. The van der Waals surface area contributed by atoms with Gasteiger partial charge < -0.3 is 5.73 Å². The van der Waals surface area contributed by atoms with Crippen LogP contribution < -0.4 is 10.5 Å². The maximum atomic E-state index is 11.6. The fourth-order valence-corrected chi connectivity index (χ4v) is 3.39. The van der Waals surface area contributed by atoms with Crippen LogP contribution in [0.25, 0.3) is 0 Å². The van der Waals surface area contributed by atoms with Crippen LogP contribution >= 0.6 is 0 Å². The molecule has 2 atom stereocenters. The van der Waals surface area contributed by atoms with Gasteiger partial charge in [-0.3, -0.25) is 0 Å². The number of rotatable bonds is 5. The largest absolute Gasteiger partial charge is 0.322 e. The van der Waals surface area contributed by atoms with E-state index < -0.39 is 22.1 Å². The van der Waals surface area contributed by atoms with E-state index in [2.05, 4.69) is 23.8 Å². The standard InChI is InChI=1S/C15H18N2O2S.C7H8.Ru/c1-20(18,19)17-15(13-10-6-3-7-11-13)14(16)12-8-4-2-5-9-12;1-7-5-3-2-4-6-7;/h2-11,14-15,17H,16H2,1H3;2-6H,1H3;/t14-,15-;;/m0../s1. The second-order valence-electron chi connectivity index (χ2n) is 6.37. The van der Waals surface area contributed by atoms with E-state index >= 15 is 0 Å². The van der Waals surface area contributed by atoms with Gasteiger partial charge in [-0.25, -0.2) is 13.1 Å². The number of nitrogens with one attached hydrogen (secondary N) is 1. The van der Waals surface area contributed by atoms with Gasteiger partial charge in [0.05, 0.1) is 18.3 Å². The van der Waals surface area contributed by atoms with Crippen LogP contribution in [0.5, 0.6) is 0 Å². The average molecular weight is 484 g/mol. The van der Waals surface area contributed by atoms with Gasteiger partial charge in [-0.1, -0.05) is 96.6 Å². The maximum Gasteiger partial charge on any atom is 0.209 e. The Balaban J connectivity index is 0.000000414. The van der Waals surface area contributed by atoms with E-state index in [1.807, 2.05) is 78.9 Å². The molecule has 3 aromatic rings. The predicted molar refractivity (Wildman–Crippen MR) is 112 cm³/mol. The molecule has 0 amide bonds. The third-order valence-corrected chi connectivity index (χ3v) is 4.67. The zero-order chi connectivity index (χ0) is 19.7. The molecule has 0 fully saturated rings. The topological polar surface area (TPSA) is 72.2 Å². The fourth-order valence-electron chi connectivity index (χ4n) is 2.64. The van der Waals surface area contributed by atoms with Gasteiger partial charge in [0.25, 0.3) is 0 Å². The summed E-state index contributed by atoms with van der Waals surface area (Å²) in [6, 6.07) is 28.1. The first-order valence-electron chi connectivity index (χ1n) is 8.71. The molecule has 0 aliphatic carbocycles. The van der Waals surface area contributed by atoms with E-state index in [4.69, 9.17) is 5.73 Å². The molecule has 4 nitrogen and oxygen atoms in total. The van der Waals surface area contributed by atoms with Crippen LogP contribution in [0.15, 0.2) is 91.0 Å². The normalized spacial score (nSPS) is 12.7. The van der Waals surface area contributed by atoms with Crippen LogP contribution in [0.2, 0.25) is 0 Å². The molecule has 0 saturated carbocycles. The van der Waals surface area contributed by atoms with Gasteiger partial charge in [0.2, 0.25) is 10.0 Å². The van der Waals surface area contributed by atoms with Crippen LogP contribution in [0.4, 0.5) is 0 Å². The van der Waals surface area contributed by atoms with Crippen molar-refractivity contribution in [2.24, 2.45) is 5.73 Å². The van der Waals surface area contributed by atoms with Crippen LogP contribution in [0.1, 0.15) is 28.8 Å². The van der Waals surface area contributed by atoms with E-state index in [9.17, 15) is 8.42 Å². The van der Waals surface area contributed by atoms with E-state index in [1.165, 1.54) is 5.56 Å². The minimum absolute atomic E-state index is 0. The van der Waals surface area contributed by atoms with Crippen LogP contribution in [0, 0.1) is 6.92 Å². The molecule has 0 bridgehead atoms. The van der Waals surface area contributed by atoms with E-state index in [0.717, 1.165) is 17.4 Å². The Labute approximate surface area is 181 Å². The summed E-state index contributed by atoms with van der Waals surface area (Å²) < 4.78 is 25.8. The summed E-state index contributed by atoms with van der Waals surface area (Å²) in [5.41, 5.74) is 9.30. The first kappa shape index (κ1) is 24.2. The monoisotopic (exact) mass is 484 g/mol. The van der Waals surface area contributed by atoms with Crippen LogP contribution in [0.3, 0.4) is 0 Å². The smallest absolute Gasteiger partial charge is 0.209 e. The van der Waals surface area contributed by atoms with Gasteiger partial charge in [0.15, 0.2) is 0 Å². The van der Waals surface area contributed by atoms with Crippen molar-refractivity contribution in [3.8, 4) is 0 Å². The Morgan fingerprint density at radius 3 is 1.50 bits per heavy atom. The summed E-state index contributed by atoms with van der Waals surface area (Å²) in [6.07, 6.45) is 1.14. The van der Waals surface area contributed by atoms with Crippen molar-refractivity contribution >= 4 is 10.0 Å². The minimum Gasteiger partial charge on any atom is -0.322 e. The zero-order valence-electron chi connectivity index (χ0n) is 16.0. The molecule has 6 heteroatoms. The average Bonchev–Trinajstić information content (AvgIpc) is 2.67. The molecule has 0 unspecified atom stereocenters. The van der Waals surface area contributed by atoms with Crippen molar-refractivity contribution in [1.82, 2.24) is 4.72 Å². The molecule has 0 aliphatic heterocycles. The zero-order valence-corrected chi connectivity index (χ0v) is 18.5. The van der Waals surface area contributed by atoms with E-state index in [-0.39, 0.29) is 19.5 Å². The van der Waals surface area contributed by atoms with Gasteiger partial charge in [-0.05, 0) is 18.1 Å². The molecule has 0 saturated heterocycles. The van der Waals surface area contributed by atoms with E-state index in [1.54, 1.807) is 0 Å². The Morgan fingerprint density at radius 1 is 0.750 bits per heavy atom. The summed E-state index contributed by atoms with van der Waals surface area (Å²) in [5, 5.41) is 0. The third kappa shape index (κ3) is 8.45. The van der Waals surface area contributed by atoms with Crippen molar-refractivity contribution in [2.45, 2.75) is 19.0 Å². The summed E-state index contributed by atoms with van der Waals surface area (Å²) in [5.74, 6) is 0. The molecule has 0 aliphatic rings. The Morgan fingerprint density at radius 2 is 1.14 bits per heavy atom. The molecule has 0 spiro atoms. The Hall–Kier alpha value is -1.85. The first-order chi connectivity index (χ1) is 12.9. The van der Waals surface area contributed by atoms with Crippen molar-refractivity contribution < 1.29 is 27.9 Å². The second-order valence-corrected chi connectivity index (χ2v) is 8.15. The number of sulfonamides is 1. The first-order valence-corrected chi connectivity index (χ1v) is 10.6. The molecule has 3 rings (SSSR count). The van der Waals surface area contributed by atoms with Crippen LogP contribution in [-0.4, -0.2) is 14.7 Å². The van der Waals surface area contributed by atoms with Crippen molar-refractivity contribution in [3.05, 3.63) is 108 Å². The molecule has 3 N–H and O–H groups in total. The third-order valence-electron chi connectivity index (χ3n) is 3.98. The summed E-state index contributed by atoms with van der Waals surface area (Å²) >= 11 is 0. The van der Waals surface area contributed by atoms with Crippen molar-refractivity contribution in [1.29, 1.82) is 0 Å². The molecule has 0 heterocycles. The SMILES string of the molecule is CS(=O)(=O)N[C@@H](c1ccccc1)[C@@H](N)c1ccccc1.Cc1ccccc1.[Ru]. The summed E-state index contributed by atoms with van der Waals surface area (Å²) in [7, 11) is -3.35. The quantitative estimate of drug-likeness (QED) is 0.540. The molecule has 28 heavy (non-hydrogen) atoms. The molecule has 0 aromatic heterocycles. The van der Waals surface area contributed by atoms with E-state index in [0.29, 0.717) is 0 Å². The molecule has 3 aromatic carbocycles. The molecule has 150 valence electrons. The van der Waals surface area contributed by atoms with Gasteiger partial charge in [-0.15, -0.1) is 0 Å². The van der Waals surface area contributed by atoms with Gasteiger partial charge >= 0.3 is 0 Å². The van der Waals surface area contributed by atoms with Gasteiger partial charge in [0, 0.05) is 19.5 Å². The predicted octanol–water partition coefficient (Wildman–Crippen LogP) is 3.97. The molecular formula is C22H26N2O2RuS. The number of aryl methyl sites for hydroxylation is 1. The van der Waals surface area contributed by atoms with Crippen molar-refractivity contribution in [2.75, 3.05) is 6.26 Å². The summed E-state index contributed by atoms with van der Waals surface area (Å²) in [6.45, 7) is 2.08. The maximum absolute atomic E-state index is 11.6. The number of benzene rings is 3. The fraction of sp³-hybridized carbons (Fsp3) is 0.182. The molecular weight excluding hydrogens is 457 g/mol. The van der Waals surface area contributed by atoms with Crippen molar-refractivity contribution in [3.63, 3.8) is 0 Å². The number of hydrogen-bond acceptors (Lipinski definition) is 3. The molecule has 0 radical (unpaired) electrons. The summed E-state index contributed by atoms with van der Waals surface area (Å²) in [4.78, 5) is 0.